The van der Waals surface area contributed by atoms with Gasteiger partial charge in [-0.2, -0.15) is 0 Å². The molecule has 1 fully saturated rings. The van der Waals surface area contributed by atoms with Crippen LogP contribution in [0.3, 0.4) is 0 Å². The molecule has 18 heavy (non-hydrogen) atoms. The summed E-state index contributed by atoms with van der Waals surface area (Å²) in [5.74, 6) is 1.07. The second kappa shape index (κ2) is 5.43. The molecule has 1 aliphatic rings. The van der Waals surface area contributed by atoms with Crippen LogP contribution in [-0.2, 0) is 13.1 Å². The van der Waals surface area contributed by atoms with Gasteiger partial charge in [0.2, 0.25) is 0 Å². The largest absolute Gasteiger partial charge is 0.468 e. The van der Waals surface area contributed by atoms with Crippen molar-refractivity contribution in [3.05, 3.63) is 23.7 Å². The molecule has 2 rings (SSSR count). The van der Waals surface area contributed by atoms with Crippen LogP contribution in [0.5, 0.6) is 0 Å². The molecule has 1 aromatic rings. The van der Waals surface area contributed by atoms with E-state index in [1.54, 1.807) is 0 Å². The van der Waals surface area contributed by atoms with E-state index in [4.69, 9.17) is 4.42 Å². The quantitative estimate of drug-likeness (QED) is 0.879. The van der Waals surface area contributed by atoms with Gasteiger partial charge in [-0.15, -0.1) is 0 Å². The lowest BCUT2D eigenvalue weighted by atomic mass is 10.00. The first-order valence-electron chi connectivity index (χ1n) is 6.66. The number of hydrogen-bond acceptors (Lipinski definition) is 4. The van der Waals surface area contributed by atoms with Gasteiger partial charge in [0.25, 0.3) is 0 Å². The fourth-order valence-corrected chi connectivity index (χ4v) is 2.50. The van der Waals surface area contributed by atoms with E-state index < -0.39 is 0 Å². The summed E-state index contributed by atoms with van der Waals surface area (Å²) in [5.41, 5.74) is 1.47. The maximum atomic E-state index is 5.62. The summed E-state index contributed by atoms with van der Waals surface area (Å²) in [4.78, 5) is 4.90. The van der Waals surface area contributed by atoms with Crippen molar-refractivity contribution >= 4 is 0 Å². The summed E-state index contributed by atoms with van der Waals surface area (Å²) in [6, 6.07) is 2.15. The highest BCUT2D eigenvalue weighted by Crippen LogP contribution is 2.21. The molecule has 0 atom stereocenters. The van der Waals surface area contributed by atoms with Gasteiger partial charge in [-0.3, -0.25) is 9.80 Å². The Morgan fingerprint density at radius 3 is 2.83 bits per heavy atom. The number of piperazine rings is 1. The van der Waals surface area contributed by atoms with Crippen LogP contribution in [0.15, 0.2) is 16.7 Å². The van der Waals surface area contributed by atoms with E-state index in [1.807, 2.05) is 13.3 Å². The van der Waals surface area contributed by atoms with E-state index in [9.17, 15) is 0 Å². The van der Waals surface area contributed by atoms with Gasteiger partial charge in [0.1, 0.15) is 5.76 Å². The Morgan fingerprint density at radius 2 is 2.17 bits per heavy atom. The molecule has 0 radical (unpaired) electrons. The number of nitrogens with one attached hydrogen (secondary N) is 1. The van der Waals surface area contributed by atoms with Gasteiger partial charge in [0, 0.05) is 37.3 Å². The van der Waals surface area contributed by atoms with Gasteiger partial charge in [-0.1, -0.05) is 0 Å². The average molecular weight is 251 g/mol. The first-order valence-corrected chi connectivity index (χ1v) is 6.66. The van der Waals surface area contributed by atoms with Crippen molar-refractivity contribution in [2.24, 2.45) is 0 Å². The van der Waals surface area contributed by atoms with E-state index in [2.05, 4.69) is 42.1 Å². The predicted molar refractivity (Wildman–Crippen MR) is 73.5 cm³/mol. The number of nitrogens with zero attached hydrogens (tertiary/aromatic N) is 2. The fraction of sp³-hybridized carbons (Fsp3) is 0.714. The zero-order chi connectivity index (χ0) is 13.2. The molecule has 1 aliphatic heterocycles. The van der Waals surface area contributed by atoms with Crippen LogP contribution in [0.1, 0.15) is 25.2 Å². The number of hydrogen-bond donors (Lipinski definition) is 1. The third-order valence-corrected chi connectivity index (χ3v) is 3.86. The molecule has 0 amide bonds. The van der Waals surface area contributed by atoms with Crippen LogP contribution >= 0.6 is 0 Å². The Bertz CT molecular complexity index is 386. The van der Waals surface area contributed by atoms with Crippen molar-refractivity contribution in [3.8, 4) is 0 Å². The van der Waals surface area contributed by atoms with Gasteiger partial charge in [0.15, 0.2) is 0 Å². The van der Waals surface area contributed by atoms with Crippen LogP contribution in [0.2, 0.25) is 0 Å². The SMILES string of the molecule is CNCc1coc(CN2CCN(C)C(C)(C)C2)c1. The van der Waals surface area contributed by atoms with E-state index in [-0.39, 0.29) is 5.54 Å². The zero-order valence-electron chi connectivity index (χ0n) is 12.0. The van der Waals surface area contributed by atoms with Crippen molar-refractivity contribution < 1.29 is 4.42 Å². The third kappa shape index (κ3) is 3.13. The molecule has 1 saturated heterocycles. The highest BCUT2D eigenvalue weighted by atomic mass is 16.3. The monoisotopic (exact) mass is 251 g/mol. The van der Waals surface area contributed by atoms with Crippen LogP contribution in [0.25, 0.3) is 0 Å². The van der Waals surface area contributed by atoms with Crippen molar-refractivity contribution in [3.63, 3.8) is 0 Å². The third-order valence-electron chi connectivity index (χ3n) is 3.86. The highest BCUT2D eigenvalue weighted by Gasteiger charge is 2.31. The summed E-state index contributed by atoms with van der Waals surface area (Å²) in [6.45, 7) is 9.71. The zero-order valence-corrected chi connectivity index (χ0v) is 12.0. The molecule has 102 valence electrons. The minimum atomic E-state index is 0.249. The molecule has 0 aromatic carbocycles. The topological polar surface area (TPSA) is 31.7 Å². The molecule has 0 aliphatic carbocycles. The molecular formula is C14H25N3O. The van der Waals surface area contributed by atoms with E-state index in [0.29, 0.717) is 0 Å². The summed E-state index contributed by atoms with van der Waals surface area (Å²) < 4.78 is 5.62. The lowest BCUT2D eigenvalue weighted by molar-refractivity contribution is 0.0328. The van der Waals surface area contributed by atoms with Crippen LogP contribution in [-0.4, -0.2) is 49.1 Å². The molecule has 0 saturated carbocycles. The Labute approximate surface area is 110 Å². The first-order chi connectivity index (χ1) is 8.51. The van der Waals surface area contributed by atoms with Gasteiger partial charge in [-0.25, -0.2) is 0 Å². The molecule has 4 heteroatoms. The summed E-state index contributed by atoms with van der Waals surface area (Å²) in [5, 5.41) is 3.14. The van der Waals surface area contributed by atoms with Crippen LogP contribution < -0.4 is 5.32 Å². The maximum absolute atomic E-state index is 5.62. The Balaban J connectivity index is 1.93. The molecule has 0 unspecified atom stereocenters. The second-order valence-electron chi connectivity index (χ2n) is 5.90. The molecular weight excluding hydrogens is 226 g/mol. The predicted octanol–water partition coefficient (Wildman–Crippen LogP) is 1.52. The van der Waals surface area contributed by atoms with Gasteiger partial charge in [-0.05, 0) is 34.0 Å². The molecule has 2 heterocycles. The standard InChI is InChI=1S/C14H25N3O/c1-14(2)11-17(6-5-16(14)4)9-13-7-12(8-15-3)10-18-13/h7,10,15H,5-6,8-9,11H2,1-4H3. The van der Waals surface area contributed by atoms with Crippen molar-refractivity contribution in [1.29, 1.82) is 0 Å². The second-order valence-corrected chi connectivity index (χ2v) is 5.90. The minimum Gasteiger partial charge on any atom is -0.468 e. The maximum Gasteiger partial charge on any atom is 0.118 e. The number of furan rings is 1. The van der Waals surface area contributed by atoms with E-state index in [1.165, 1.54) is 5.56 Å². The van der Waals surface area contributed by atoms with E-state index in [0.717, 1.165) is 38.5 Å². The summed E-state index contributed by atoms with van der Waals surface area (Å²) in [6.07, 6.45) is 1.85. The normalized spacial score (nSPS) is 21.3. The summed E-state index contributed by atoms with van der Waals surface area (Å²) >= 11 is 0. The van der Waals surface area contributed by atoms with E-state index >= 15 is 0 Å². The number of rotatable bonds is 4. The molecule has 1 N–H and O–H groups in total. The minimum absolute atomic E-state index is 0.249. The summed E-state index contributed by atoms with van der Waals surface area (Å²) in [7, 11) is 4.16. The van der Waals surface area contributed by atoms with Crippen LogP contribution in [0, 0.1) is 0 Å². The molecule has 1 aromatic heterocycles. The molecule has 0 bridgehead atoms. The number of likely N-dealkylation sites (N-methyl/N-ethyl adjacent to an activating group) is 1. The molecule has 0 spiro atoms. The fourth-order valence-electron chi connectivity index (χ4n) is 2.50. The van der Waals surface area contributed by atoms with Crippen LogP contribution in [0.4, 0.5) is 0 Å². The van der Waals surface area contributed by atoms with Crippen molar-refractivity contribution in [2.75, 3.05) is 33.7 Å². The van der Waals surface area contributed by atoms with Gasteiger partial charge in [0.05, 0.1) is 12.8 Å². The van der Waals surface area contributed by atoms with Crippen molar-refractivity contribution in [1.82, 2.24) is 15.1 Å². The average Bonchev–Trinajstić information content (AvgIpc) is 2.71. The van der Waals surface area contributed by atoms with Gasteiger partial charge >= 0.3 is 0 Å². The highest BCUT2D eigenvalue weighted by molar-refractivity contribution is 5.12. The molecule has 4 nitrogen and oxygen atoms in total. The first kappa shape index (κ1) is 13.6. The Kier molecular flexibility index (Phi) is 4.10. The lowest BCUT2D eigenvalue weighted by Gasteiger charge is -2.45. The Hall–Kier alpha value is -0.840. The lowest BCUT2D eigenvalue weighted by Crippen LogP contribution is -2.57. The smallest absolute Gasteiger partial charge is 0.118 e. The van der Waals surface area contributed by atoms with Gasteiger partial charge < -0.3 is 9.73 Å². The van der Waals surface area contributed by atoms with Crippen molar-refractivity contribution in [2.45, 2.75) is 32.5 Å². The Morgan fingerprint density at radius 1 is 1.39 bits per heavy atom.